The predicted molar refractivity (Wildman–Crippen MR) is 104 cm³/mol. The number of amides is 1. The quantitative estimate of drug-likeness (QED) is 0.640. The number of benzene rings is 1. The summed E-state index contributed by atoms with van der Waals surface area (Å²) in [4.78, 5) is 28.4. The summed E-state index contributed by atoms with van der Waals surface area (Å²) >= 11 is 5.90. The molecule has 0 saturated carbocycles. The maximum absolute atomic E-state index is 13.6. The van der Waals surface area contributed by atoms with Crippen LogP contribution in [-0.4, -0.2) is 21.5 Å². The summed E-state index contributed by atoms with van der Waals surface area (Å²) in [7, 11) is 0. The number of pyridine rings is 2. The van der Waals surface area contributed by atoms with Gasteiger partial charge < -0.3 is 9.88 Å². The maximum Gasteiger partial charge on any atom is 0.431 e. The van der Waals surface area contributed by atoms with Crippen molar-refractivity contribution in [1.82, 2.24) is 14.9 Å². The van der Waals surface area contributed by atoms with Gasteiger partial charge in [-0.3, -0.25) is 9.59 Å². The predicted octanol–water partition coefficient (Wildman–Crippen LogP) is 4.20. The third kappa shape index (κ3) is 4.42. The second-order valence-electron chi connectivity index (χ2n) is 6.74. The lowest BCUT2D eigenvalue weighted by molar-refractivity contribution is -0.143. The first-order valence-corrected chi connectivity index (χ1v) is 9.08. The van der Waals surface area contributed by atoms with Crippen molar-refractivity contribution >= 4 is 28.4 Å². The zero-order valence-electron chi connectivity index (χ0n) is 15.5. The van der Waals surface area contributed by atoms with Gasteiger partial charge in [-0.2, -0.15) is 13.2 Å². The van der Waals surface area contributed by atoms with Gasteiger partial charge in [0.1, 0.15) is 10.8 Å². The Morgan fingerprint density at radius 1 is 1.28 bits per heavy atom. The van der Waals surface area contributed by atoms with Gasteiger partial charge in [-0.1, -0.05) is 23.2 Å². The summed E-state index contributed by atoms with van der Waals surface area (Å²) in [6, 6.07) is 7.57. The molecular formula is C20H17ClF3N3O2. The molecule has 9 heteroatoms. The van der Waals surface area contributed by atoms with Crippen LogP contribution >= 0.6 is 11.6 Å². The minimum absolute atomic E-state index is 0.00235. The Morgan fingerprint density at radius 3 is 2.66 bits per heavy atom. The molecule has 0 aliphatic rings. The van der Waals surface area contributed by atoms with E-state index in [-0.39, 0.29) is 28.2 Å². The van der Waals surface area contributed by atoms with Crippen molar-refractivity contribution in [2.45, 2.75) is 32.6 Å². The van der Waals surface area contributed by atoms with Crippen LogP contribution in [0, 0.1) is 6.92 Å². The van der Waals surface area contributed by atoms with E-state index in [1.807, 2.05) is 0 Å². The Hall–Kier alpha value is -2.87. The molecule has 1 aromatic carbocycles. The molecule has 0 fully saturated rings. The van der Waals surface area contributed by atoms with E-state index in [1.165, 1.54) is 24.4 Å². The zero-order valence-corrected chi connectivity index (χ0v) is 16.3. The fraction of sp³-hybridized carbons (Fsp3) is 0.250. The largest absolute Gasteiger partial charge is 0.431 e. The van der Waals surface area contributed by atoms with Crippen molar-refractivity contribution in [3.8, 4) is 0 Å². The van der Waals surface area contributed by atoms with Crippen LogP contribution in [0.3, 0.4) is 0 Å². The first kappa shape index (κ1) is 20.9. The number of alkyl halides is 3. The summed E-state index contributed by atoms with van der Waals surface area (Å²) in [5, 5.41) is 2.81. The van der Waals surface area contributed by atoms with E-state index in [0.29, 0.717) is 6.07 Å². The summed E-state index contributed by atoms with van der Waals surface area (Å²) < 4.78 is 41.8. The SMILES string of the molecule is Cc1ccc2c(c1)c(=O)cc(C(F)(F)F)n2C[C@@H](C)NC(=O)c1cccnc1Cl. The number of halogens is 4. The molecule has 3 rings (SSSR count). The van der Waals surface area contributed by atoms with Gasteiger partial charge in [0.25, 0.3) is 5.91 Å². The number of nitrogens with one attached hydrogen (secondary N) is 1. The fourth-order valence-electron chi connectivity index (χ4n) is 3.10. The number of carbonyl (C=O) groups is 1. The summed E-state index contributed by atoms with van der Waals surface area (Å²) in [5.41, 5.74) is -0.743. The van der Waals surface area contributed by atoms with Crippen molar-refractivity contribution in [2.75, 3.05) is 0 Å². The molecule has 29 heavy (non-hydrogen) atoms. The van der Waals surface area contributed by atoms with Crippen LogP contribution in [0.5, 0.6) is 0 Å². The second-order valence-corrected chi connectivity index (χ2v) is 7.10. The molecule has 3 aromatic rings. The highest BCUT2D eigenvalue weighted by Gasteiger charge is 2.35. The molecule has 0 radical (unpaired) electrons. The first-order chi connectivity index (χ1) is 13.6. The van der Waals surface area contributed by atoms with Crippen molar-refractivity contribution in [2.24, 2.45) is 0 Å². The van der Waals surface area contributed by atoms with Gasteiger partial charge >= 0.3 is 6.18 Å². The number of hydrogen-bond donors (Lipinski definition) is 1. The lowest BCUT2D eigenvalue weighted by Gasteiger charge is -2.22. The average molecular weight is 424 g/mol. The number of aromatic nitrogens is 2. The highest BCUT2D eigenvalue weighted by atomic mass is 35.5. The Labute approximate surface area is 169 Å². The van der Waals surface area contributed by atoms with Gasteiger partial charge in [0.05, 0.1) is 11.1 Å². The van der Waals surface area contributed by atoms with Gasteiger partial charge in [-0.05, 0) is 38.1 Å². The molecule has 0 aliphatic carbocycles. The Balaban J connectivity index is 2.00. The van der Waals surface area contributed by atoms with Crippen molar-refractivity contribution in [1.29, 1.82) is 0 Å². The molecule has 5 nitrogen and oxygen atoms in total. The van der Waals surface area contributed by atoms with Crippen LogP contribution in [-0.2, 0) is 12.7 Å². The molecule has 0 saturated heterocycles. The number of rotatable bonds is 4. The highest BCUT2D eigenvalue weighted by Crippen LogP contribution is 2.31. The minimum atomic E-state index is -4.73. The van der Waals surface area contributed by atoms with Crippen LogP contribution in [0.1, 0.15) is 28.5 Å². The second kappa shape index (κ2) is 7.87. The maximum atomic E-state index is 13.6. The summed E-state index contributed by atoms with van der Waals surface area (Å²) in [6.07, 6.45) is -3.30. The third-order valence-corrected chi connectivity index (χ3v) is 4.70. The molecule has 0 aliphatic heterocycles. The zero-order chi connectivity index (χ0) is 21.3. The molecular weight excluding hydrogens is 407 g/mol. The number of fused-ring (bicyclic) bond motifs is 1. The summed E-state index contributed by atoms with van der Waals surface area (Å²) in [5.74, 6) is -0.551. The lowest BCUT2D eigenvalue weighted by atomic mass is 10.1. The topological polar surface area (TPSA) is 64.0 Å². The first-order valence-electron chi connectivity index (χ1n) is 8.70. The number of aryl methyl sites for hydroxylation is 1. The van der Waals surface area contributed by atoms with E-state index in [9.17, 15) is 22.8 Å². The van der Waals surface area contributed by atoms with E-state index < -0.39 is 29.2 Å². The smallest absolute Gasteiger partial charge is 0.348 e. The van der Waals surface area contributed by atoms with E-state index >= 15 is 0 Å². The monoisotopic (exact) mass is 423 g/mol. The lowest BCUT2D eigenvalue weighted by Crippen LogP contribution is -2.37. The Kier molecular flexibility index (Phi) is 5.66. The van der Waals surface area contributed by atoms with Gasteiger partial charge in [0, 0.05) is 30.2 Å². The molecule has 152 valence electrons. The van der Waals surface area contributed by atoms with E-state index in [2.05, 4.69) is 10.3 Å². The van der Waals surface area contributed by atoms with Crippen molar-refractivity contribution in [3.63, 3.8) is 0 Å². The standard InChI is InChI=1S/C20H17ClF3N3O2/c1-11-5-6-15-14(8-11)16(28)9-17(20(22,23)24)27(15)10-12(2)26-19(29)13-4-3-7-25-18(13)21/h3-9,12H,10H2,1-2H3,(H,26,29)/t12-/m1/s1. The van der Waals surface area contributed by atoms with E-state index in [0.717, 1.165) is 10.1 Å². The summed E-state index contributed by atoms with van der Waals surface area (Å²) in [6.45, 7) is 3.13. The van der Waals surface area contributed by atoms with Crippen LogP contribution in [0.2, 0.25) is 5.15 Å². The molecule has 0 spiro atoms. The van der Waals surface area contributed by atoms with Crippen LogP contribution < -0.4 is 10.7 Å². The fourth-order valence-corrected chi connectivity index (χ4v) is 3.31. The van der Waals surface area contributed by atoms with Crippen LogP contribution in [0.4, 0.5) is 13.2 Å². The average Bonchev–Trinajstić information content (AvgIpc) is 2.63. The van der Waals surface area contributed by atoms with Gasteiger partial charge in [-0.15, -0.1) is 0 Å². The number of hydrogen-bond acceptors (Lipinski definition) is 3. The molecule has 1 N–H and O–H groups in total. The van der Waals surface area contributed by atoms with Crippen LogP contribution in [0.15, 0.2) is 47.4 Å². The number of carbonyl (C=O) groups excluding carboxylic acids is 1. The molecule has 0 bridgehead atoms. The van der Waals surface area contributed by atoms with Crippen LogP contribution in [0.25, 0.3) is 10.9 Å². The highest BCUT2D eigenvalue weighted by molar-refractivity contribution is 6.32. The molecule has 2 aromatic heterocycles. The third-order valence-electron chi connectivity index (χ3n) is 4.39. The van der Waals surface area contributed by atoms with E-state index in [4.69, 9.17) is 11.6 Å². The van der Waals surface area contributed by atoms with Gasteiger partial charge in [0.2, 0.25) is 0 Å². The van der Waals surface area contributed by atoms with Crippen molar-refractivity contribution in [3.05, 3.63) is 74.8 Å². The van der Waals surface area contributed by atoms with Crippen molar-refractivity contribution < 1.29 is 18.0 Å². The molecule has 1 atom stereocenters. The minimum Gasteiger partial charge on any atom is -0.348 e. The van der Waals surface area contributed by atoms with E-state index in [1.54, 1.807) is 26.0 Å². The number of nitrogens with zero attached hydrogens (tertiary/aromatic N) is 2. The van der Waals surface area contributed by atoms with Gasteiger partial charge in [0.15, 0.2) is 5.43 Å². The molecule has 0 unspecified atom stereocenters. The Morgan fingerprint density at radius 2 is 2.00 bits per heavy atom. The molecule has 1 amide bonds. The Bertz CT molecular complexity index is 1140. The molecule has 2 heterocycles. The van der Waals surface area contributed by atoms with Gasteiger partial charge in [-0.25, -0.2) is 4.98 Å². The normalized spacial score (nSPS) is 12.8.